The molecule has 0 saturated carbocycles. The number of aliphatic imine (C=N–C) groups is 1. The van der Waals surface area contributed by atoms with Gasteiger partial charge in [0.25, 0.3) is 0 Å². The second kappa shape index (κ2) is 5.84. The summed E-state index contributed by atoms with van der Waals surface area (Å²) < 4.78 is 0. The van der Waals surface area contributed by atoms with Gasteiger partial charge in [-0.1, -0.05) is 30.3 Å². The van der Waals surface area contributed by atoms with Gasteiger partial charge in [-0.15, -0.1) is 0 Å². The summed E-state index contributed by atoms with van der Waals surface area (Å²) in [6, 6.07) is 14.8. The molecule has 2 heterocycles. The number of imidazole rings is 1. The molecule has 0 bridgehead atoms. The molecule has 0 fully saturated rings. The highest BCUT2D eigenvalue weighted by molar-refractivity contribution is 6.08. The molecule has 6 heteroatoms. The zero-order valence-corrected chi connectivity index (χ0v) is 14.4. The van der Waals surface area contributed by atoms with E-state index < -0.39 is 5.97 Å². The fraction of sp³-hybridized carbons (Fsp3) is 0.150. The average molecular weight is 346 g/mol. The van der Waals surface area contributed by atoms with Gasteiger partial charge in [0.15, 0.2) is 11.7 Å². The summed E-state index contributed by atoms with van der Waals surface area (Å²) in [6.07, 6.45) is 1.73. The number of fused-ring (bicyclic) bond motifs is 1. The maximum Gasteiger partial charge on any atom is 0.335 e. The largest absolute Gasteiger partial charge is 0.478 e. The molecular formula is C20H18N4O2. The molecule has 0 amide bonds. The highest BCUT2D eigenvalue weighted by Crippen LogP contribution is 2.35. The van der Waals surface area contributed by atoms with Crippen molar-refractivity contribution in [3.8, 4) is 11.3 Å². The van der Waals surface area contributed by atoms with Gasteiger partial charge in [0.1, 0.15) is 0 Å². The van der Waals surface area contributed by atoms with Gasteiger partial charge in [-0.25, -0.2) is 9.78 Å². The van der Waals surface area contributed by atoms with Crippen LogP contribution in [0.3, 0.4) is 0 Å². The van der Waals surface area contributed by atoms with E-state index in [9.17, 15) is 4.79 Å². The summed E-state index contributed by atoms with van der Waals surface area (Å²) in [6.45, 7) is 4.14. The number of carbonyl (C=O) groups is 1. The molecule has 4 rings (SSSR count). The third-order valence-electron chi connectivity index (χ3n) is 4.47. The molecule has 0 atom stereocenters. The number of aromatic nitrogens is 2. The van der Waals surface area contributed by atoms with Gasteiger partial charge >= 0.3 is 5.97 Å². The van der Waals surface area contributed by atoms with E-state index in [1.54, 1.807) is 30.5 Å². The Hall–Kier alpha value is -3.41. The molecule has 1 aliphatic rings. The zero-order chi connectivity index (χ0) is 18.3. The number of nitrogens with zero attached hydrogens (tertiary/aromatic N) is 2. The maximum atomic E-state index is 11.0. The van der Waals surface area contributed by atoms with Gasteiger partial charge in [-0.3, -0.25) is 4.99 Å². The van der Waals surface area contributed by atoms with Crippen molar-refractivity contribution < 1.29 is 9.90 Å². The number of benzene rings is 2. The van der Waals surface area contributed by atoms with E-state index in [4.69, 9.17) is 10.1 Å². The second-order valence-electron chi connectivity index (χ2n) is 6.72. The Morgan fingerprint density at radius 2 is 1.81 bits per heavy atom. The number of anilines is 1. The Morgan fingerprint density at radius 3 is 2.54 bits per heavy atom. The van der Waals surface area contributed by atoms with Crippen LogP contribution in [0.15, 0.2) is 59.7 Å². The van der Waals surface area contributed by atoms with Crippen molar-refractivity contribution in [1.82, 2.24) is 9.97 Å². The quantitative estimate of drug-likeness (QED) is 0.671. The standard InChI is InChI=1S/C20H18N4O2/c1-20(2)14-5-3-4-6-15(14)22-18(24-20)17-21-11-16(23-17)12-7-9-13(10-8-12)19(25)26/h3-11H,1-2H3,(H,21,23)(H,22,24)(H,25,26). The van der Waals surface area contributed by atoms with Crippen molar-refractivity contribution in [1.29, 1.82) is 0 Å². The van der Waals surface area contributed by atoms with Crippen LogP contribution < -0.4 is 5.32 Å². The zero-order valence-electron chi connectivity index (χ0n) is 14.4. The van der Waals surface area contributed by atoms with Gasteiger partial charge in [-0.2, -0.15) is 0 Å². The molecule has 0 spiro atoms. The molecule has 3 N–H and O–H groups in total. The molecule has 0 saturated heterocycles. The normalized spacial score (nSPS) is 14.9. The molecule has 1 aromatic heterocycles. The number of carboxylic acids is 1. The second-order valence-corrected chi connectivity index (χ2v) is 6.72. The van der Waals surface area contributed by atoms with Gasteiger partial charge in [-0.05, 0) is 37.6 Å². The number of aromatic amines is 1. The lowest BCUT2D eigenvalue weighted by molar-refractivity contribution is 0.0697. The van der Waals surface area contributed by atoms with Crippen LogP contribution in [0.1, 0.15) is 35.6 Å². The van der Waals surface area contributed by atoms with Gasteiger partial charge < -0.3 is 15.4 Å². The van der Waals surface area contributed by atoms with Crippen molar-refractivity contribution in [3.05, 3.63) is 71.7 Å². The summed E-state index contributed by atoms with van der Waals surface area (Å²) in [4.78, 5) is 23.5. The first kappa shape index (κ1) is 16.1. The van der Waals surface area contributed by atoms with E-state index in [0.717, 1.165) is 22.5 Å². The SMILES string of the molecule is CC1(C)N=C(c2ncc(-c3ccc(C(=O)O)cc3)[nH]2)Nc2ccccc21. The number of para-hydroxylation sites is 1. The Labute approximate surface area is 150 Å². The molecule has 26 heavy (non-hydrogen) atoms. The molecular weight excluding hydrogens is 328 g/mol. The highest BCUT2D eigenvalue weighted by Gasteiger charge is 2.29. The molecule has 0 unspecified atom stereocenters. The lowest BCUT2D eigenvalue weighted by Gasteiger charge is -2.30. The average Bonchev–Trinajstić information content (AvgIpc) is 3.11. The predicted octanol–water partition coefficient (Wildman–Crippen LogP) is 3.88. The van der Waals surface area contributed by atoms with Crippen LogP contribution in [0.4, 0.5) is 5.69 Å². The number of carboxylic acid groups (broad SMARTS) is 1. The van der Waals surface area contributed by atoms with Crippen LogP contribution in [0.5, 0.6) is 0 Å². The van der Waals surface area contributed by atoms with E-state index >= 15 is 0 Å². The first-order valence-electron chi connectivity index (χ1n) is 8.29. The van der Waals surface area contributed by atoms with Crippen molar-refractivity contribution in [2.45, 2.75) is 19.4 Å². The Kier molecular flexibility index (Phi) is 3.61. The van der Waals surface area contributed by atoms with E-state index in [0.29, 0.717) is 11.7 Å². The Bertz CT molecular complexity index is 1020. The molecule has 2 aromatic carbocycles. The monoisotopic (exact) mass is 346 g/mol. The first-order chi connectivity index (χ1) is 12.4. The topological polar surface area (TPSA) is 90.4 Å². The summed E-state index contributed by atoms with van der Waals surface area (Å²) in [5, 5.41) is 12.3. The van der Waals surface area contributed by atoms with E-state index in [1.165, 1.54) is 0 Å². The van der Waals surface area contributed by atoms with Crippen molar-refractivity contribution in [2.24, 2.45) is 4.99 Å². The van der Waals surface area contributed by atoms with Crippen LogP contribution in [0.25, 0.3) is 11.3 Å². The highest BCUT2D eigenvalue weighted by atomic mass is 16.4. The van der Waals surface area contributed by atoms with Crippen LogP contribution in [-0.2, 0) is 5.54 Å². The Morgan fingerprint density at radius 1 is 1.08 bits per heavy atom. The number of rotatable bonds is 3. The van der Waals surface area contributed by atoms with Crippen molar-refractivity contribution in [2.75, 3.05) is 5.32 Å². The fourth-order valence-corrected chi connectivity index (χ4v) is 3.11. The third-order valence-corrected chi connectivity index (χ3v) is 4.47. The van der Waals surface area contributed by atoms with Crippen LogP contribution in [0.2, 0.25) is 0 Å². The fourth-order valence-electron chi connectivity index (χ4n) is 3.11. The molecule has 0 aliphatic carbocycles. The smallest absolute Gasteiger partial charge is 0.335 e. The maximum absolute atomic E-state index is 11.0. The van der Waals surface area contributed by atoms with Crippen LogP contribution >= 0.6 is 0 Å². The molecule has 6 nitrogen and oxygen atoms in total. The predicted molar refractivity (Wildman–Crippen MR) is 101 cm³/mol. The van der Waals surface area contributed by atoms with Crippen molar-refractivity contribution >= 4 is 17.5 Å². The minimum atomic E-state index is -0.941. The minimum absolute atomic E-state index is 0.255. The molecule has 0 radical (unpaired) electrons. The minimum Gasteiger partial charge on any atom is -0.478 e. The van der Waals surface area contributed by atoms with Crippen molar-refractivity contribution in [3.63, 3.8) is 0 Å². The van der Waals surface area contributed by atoms with Crippen LogP contribution in [-0.4, -0.2) is 26.9 Å². The number of hydrogen-bond donors (Lipinski definition) is 3. The molecule has 3 aromatic rings. The summed E-state index contributed by atoms with van der Waals surface area (Å²) in [5.74, 6) is 0.385. The number of hydrogen-bond acceptors (Lipinski definition) is 4. The molecule has 130 valence electrons. The summed E-state index contributed by atoms with van der Waals surface area (Å²) >= 11 is 0. The number of H-pyrrole nitrogens is 1. The summed E-state index contributed by atoms with van der Waals surface area (Å²) in [5.41, 5.74) is 3.73. The Balaban J connectivity index is 1.66. The van der Waals surface area contributed by atoms with Gasteiger partial charge in [0.05, 0.1) is 23.0 Å². The first-order valence-corrected chi connectivity index (χ1v) is 8.29. The third kappa shape index (κ3) is 2.75. The van der Waals surface area contributed by atoms with Gasteiger partial charge in [0.2, 0.25) is 0 Å². The molecule has 1 aliphatic heterocycles. The van der Waals surface area contributed by atoms with Gasteiger partial charge in [0, 0.05) is 11.3 Å². The van der Waals surface area contributed by atoms with E-state index in [2.05, 4.69) is 35.2 Å². The lowest BCUT2D eigenvalue weighted by atomic mass is 9.92. The summed E-state index contributed by atoms with van der Waals surface area (Å²) in [7, 11) is 0. The number of aromatic carboxylic acids is 1. The van der Waals surface area contributed by atoms with E-state index in [1.807, 2.05) is 18.2 Å². The van der Waals surface area contributed by atoms with Crippen LogP contribution in [0, 0.1) is 0 Å². The number of nitrogens with one attached hydrogen (secondary N) is 2. The number of amidine groups is 1. The lowest BCUT2D eigenvalue weighted by Crippen LogP contribution is -2.29. The van der Waals surface area contributed by atoms with E-state index in [-0.39, 0.29) is 11.1 Å².